The smallest absolute Gasteiger partial charge is 0.433 e. The Balaban J connectivity index is 1.50. The lowest BCUT2D eigenvalue weighted by atomic mass is 9.71. The Labute approximate surface area is 213 Å². The third kappa shape index (κ3) is 6.10. The number of carbonyl (C=O) groups is 1. The summed E-state index contributed by atoms with van der Waals surface area (Å²) in [6, 6.07) is 14.1. The molecule has 6 nitrogen and oxygen atoms in total. The van der Waals surface area contributed by atoms with Crippen molar-refractivity contribution in [2.24, 2.45) is 11.8 Å². The molecule has 3 aromatic rings. The maximum atomic E-state index is 13.0. The molecule has 0 bridgehead atoms. The molecule has 37 heavy (non-hydrogen) atoms. The first-order chi connectivity index (χ1) is 17.5. The number of aromatic nitrogens is 2. The summed E-state index contributed by atoms with van der Waals surface area (Å²) in [7, 11) is 1.40. The zero-order chi connectivity index (χ0) is 26.8. The molecule has 1 saturated carbocycles. The Hall–Kier alpha value is -3.46. The maximum Gasteiger partial charge on any atom is 0.433 e. The molecule has 0 radical (unpaired) electrons. The number of alkyl halides is 3. The van der Waals surface area contributed by atoms with E-state index in [1.54, 1.807) is 6.07 Å². The van der Waals surface area contributed by atoms with Crippen LogP contribution in [0.2, 0.25) is 0 Å². The second kappa shape index (κ2) is 10.5. The Bertz CT molecular complexity index is 1250. The van der Waals surface area contributed by atoms with E-state index in [0.717, 1.165) is 47.4 Å². The summed E-state index contributed by atoms with van der Waals surface area (Å²) in [4.78, 5) is 19.3. The number of hydrogen-bond acceptors (Lipinski definition) is 6. The molecule has 2 aromatic carbocycles. The number of nitrogens with zero attached hydrogens (tertiary/aromatic N) is 2. The fourth-order valence-electron chi connectivity index (χ4n) is 5.02. The number of esters is 1. The zero-order valence-corrected chi connectivity index (χ0v) is 21.0. The van der Waals surface area contributed by atoms with Crippen molar-refractivity contribution in [3.05, 3.63) is 71.5 Å². The van der Waals surface area contributed by atoms with Crippen LogP contribution in [-0.4, -0.2) is 28.2 Å². The van der Waals surface area contributed by atoms with Crippen LogP contribution in [0.15, 0.2) is 54.7 Å². The van der Waals surface area contributed by atoms with Crippen LogP contribution < -0.4 is 5.32 Å². The number of halogens is 3. The van der Waals surface area contributed by atoms with Gasteiger partial charge in [0.2, 0.25) is 5.95 Å². The molecule has 1 fully saturated rings. The molecule has 1 aliphatic rings. The number of benzene rings is 2. The highest BCUT2D eigenvalue weighted by Gasteiger charge is 2.38. The van der Waals surface area contributed by atoms with Crippen molar-refractivity contribution < 1.29 is 27.8 Å². The number of aliphatic hydroxyl groups is 1. The number of ether oxygens (including phenoxy) is 1. The van der Waals surface area contributed by atoms with Gasteiger partial charge in [-0.2, -0.15) is 13.2 Å². The molecule has 0 amide bonds. The van der Waals surface area contributed by atoms with E-state index in [2.05, 4.69) is 15.3 Å². The Kier molecular flexibility index (Phi) is 7.54. The van der Waals surface area contributed by atoms with Crippen LogP contribution in [0.1, 0.15) is 49.4 Å². The molecule has 2 N–H and O–H groups in total. The van der Waals surface area contributed by atoms with Crippen molar-refractivity contribution in [3.63, 3.8) is 0 Å². The van der Waals surface area contributed by atoms with Crippen LogP contribution in [0.4, 0.5) is 24.8 Å². The Morgan fingerprint density at radius 3 is 2.32 bits per heavy atom. The number of anilines is 2. The van der Waals surface area contributed by atoms with Gasteiger partial charge in [0, 0.05) is 11.9 Å². The fraction of sp³-hybridized carbons (Fsp3) is 0.393. The molecule has 0 spiro atoms. The van der Waals surface area contributed by atoms with Crippen molar-refractivity contribution in [3.8, 4) is 11.1 Å². The first-order valence-electron chi connectivity index (χ1n) is 12.2. The van der Waals surface area contributed by atoms with Crippen LogP contribution in [0.3, 0.4) is 0 Å². The second-order valence-electron chi connectivity index (χ2n) is 9.77. The quantitative estimate of drug-likeness (QED) is 0.371. The molecular formula is C28H30F3N3O3. The van der Waals surface area contributed by atoms with E-state index < -0.39 is 17.5 Å². The van der Waals surface area contributed by atoms with Gasteiger partial charge in [0.05, 0.1) is 18.6 Å². The first kappa shape index (κ1) is 26.6. The molecule has 196 valence electrons. The van der Waals surface area contributed by atoms with Gasteiger partial charge in [-0.05, 0) is 85.9 Å². The minimum Gasteiger partial charge on any atom is -0.469 e. The first-order valence-corrected chi connectivity index (χ1v) is 12.2. The summed E-state index contributed by atoms with van der Waals surface area (Å²) in [6.45, 7) is 3.71. The summed E-state index contributed by atoms with van der Waals surface area (Å²) in [6.07, 6.45) is -0.624. The van der Waals surface area contributed by atoms with Gasteiger partial charge in [-0.15, -0.1) is 0 Å². The normalized spacial score (nSPS) is 19.6. The van der Waals surface area contributed by atoms with Crippen LogP contribution in [-0.2, 0) is 21.3 Å². The molecule has 1 aliphatic carbocycles. The number of carbonyl (C=O) groups excluding carboxylic acids is 1. The minimum absolute atomic E-state index is 0.0292. The Morgan fingerprint density at radius 2 is 1.70 bits per heavy atom. The van der Waals surface area contributed by atoms with Gasteiger partial charge in [0.25, 0.3) is 0 Å². The van der Waals surface area contributed by atoms with Crippen LogP contribution in [0.5, 0.6) is 0 Å². The van der Waals surface area contributed by atoms with Crippen LogP contribution in [0, 0.1) is 18.8 Å². The molecular weight excluding hydrogens is 483 g/mol. The average molecular weight is 514 g/mol. The summed E-state index contributed by atoms with van der Waals surface area (Å²) in [5.74, 6) is -0.403. The zero-order valence-electron chi connectivity index (χ0n) is 21.0. The number of aryl methyl sites for hydroxylation is 1. The number of methoxy groups -OCH3 is 1. The van der Waals surface area contributed by atoms with E-state index in [9.17, 15) is 23.1 Å². The van der Waals surface area contributed by atoms with E-state index >= 15 is 0 Å². The summed E-state index contributed by atoms with van der Waals surface area (Å²) >= 11 is 0. The van der Waals surface area contributed by atoms with Crippen molar-refractivity contribution in [2.75, 3.05) is 12.4 Å². The SMILES string of the molecule is COC(=O)[C@H]1CC[C@H](C(C)(O)c2ccc(-c3cc(C)cc(Nc4nccc(C(F)(F)F)n4)c3)cc2)CC1. The summed E-state index contributed by atoms with van der Waals surface area (Å²) in [5.41, 5.74) is 1.96. The number of rotatable bonds is 6. The summed E-state index contributed by atoms with van der Waals surface area (Å²) in [5, 5.41) is 14.2. The van der Waals surface area contributed by atoms with Gasteiger partial charge in [-0.3, -0.25) is 4.79 Å². The lowest BCUT2D eigenvalue weighted by Crippen LogP contribution is -2.36. The molecule has 1 atom stereocenters. The van der Waals surface area contributed by atoms with Crippen molar-refractivity contribution in [1.29, 1.82) is 0 Å². The molecule has 9 heteroatoms. The second-order valence-corrected chi connectivity index (χ2v) is 9.77. The third-order valence-electron chi connectivity index (χ3n) is 7.14. The standard InChI is InChI=1S/C28H30F3N3O3/c1-17-14-20(16-23(15-17)33-26-32-13-12-24(34-26)28(29,30)31)18-4-8-21(9-5-18)27(2,36)22-10-6-19(7-11-22)25(35)37-3/h4-5,8-9,12-16,19,22,36H,6-7,10-11H2,1-3H3,(H,32,33,34)/t19-,22-,27?. The summed E-state index contributed by atoms with van der Waals surface area (Å²) < 4.78 is 43.9. The lowest BCUT2D eigenvalue weighted by Gasteiger charge is -2.38. The molecule has 4 rings (SSSR count). The van der Waals surface area contributed by atoms with Gasteiger partial charge in [-0.25, -0.2) is 9.97 Å². The van der Waals surface area contributed by atoms with Crippen molar-refractivity contribution >= 4 is 17.6 Å². The predicted octanol–water partition coefficient (Wildman–Crippen LogP) is 6.40. The maximum absolute atomic E-state index is 13.0. The highest BCUT2D eigenvalue weighted by atomic mass is 19.4. The topological polar surface area (TPSA) is 84.3 Å². The van der Waals surface area contributed by atoms with Crippen molar-refractivity contribution in [2.45, 2.75) is 51.3 Å². The van der Waals surface area contributed by atoms with E-state index in [-0.39, 0.29) is 23.8 Å². The molecule has 1 aromatic heterocycles. The van der Waals surface area contributed by atoms with E-state index in [0.29, 0.717) is 18.5 Å². The third-order valence-corrected chi connectivity index (χ3v) is 7.14. The van der Waals surface area contributed by atoms with Gasteiger partial charge >= 0.3 is 12.1 Å². The lowest BCUT2D eigenvalue weighted by molar-refractivity contribution is -0.148. The predicted molar refractivity (Wildman–Crippen MR) is 134 cm³/mol. The minimum atomic E-state index is -4.55. The fourth-order valence-corrected chi connectivity index (χ4v) is 5.02. The van der Waals surface area contributed by atoms with E-state index in [1.807, 2.05) is 50.2 Å². The number of hydrogen-bond donors (Lipinski definition) is 2. The molecule has 1 heterocycles. The van der Waals surface area contributed by atoms with Gasteiger partial charge in [0.1, 0.15) is 5.69 Å². The van der Waals surface area contributed by atoms with Crippen molar-refractivity contribution in [1.82, 2.24) is 9.97 Å². The highest BCUT2D eigenvalue weighted by molar-refractivity contribution is 5.72. The number of nitrogens with one attached hydrogen (secondary N) is 1. The van der Waals surface area contributed by atoms with Gasteiger partial charge < -0.3 is 15.2 Å². The monoisotopic (exact) mass is 513 g/mol. The molecule has 1 unspecified atom stereocenters. The average Bonchev–Trinajstić information content (AvgIpc) is 2.87. The molecule has 0 aliphatic heterocycles. The molecule has 0 saturated heterocycles. The highest BCUT2D eigenvalue weighted by Crippen LogP contribution is 2.41. The van der Waals surface area contributed by atoms with Gasteiger partial charge in [-0.1, -0.05) is 30.3 Å². The largest absolute Gasteiger partial charge is 0.469 e. The van der Waals surface area contributed by atoms with E-state index in [1.165, 1.54) is 7.11 Å². The van der Waals surface area contributed by atoms with Crippen LogP contribution in [0.25, 0.3) is 11.1 Å². The van der Waals surface area contributed by atoms with Gasteiger partial charge in [0.15, 0.2) is 0 Å². The van der Waals surface area contributed by atoms with Crippen LogP contribution >= 0.6 is 0 Å². The Morgan fingerprint density at radius 1 is 1.03 bits per heavy atom. The van der Waals surface area contributed by atoms with E-state index in [4.69, 9.17) is 4.74 Å².